The Labute approximate surface area is 74.4 Å². The fraction of sp³-hybridized carbons (Fsp3) is 1.00. The van der Waals surface area contributed by atoms with Crippen LogP contribution in [0.15, 0.2) is 0 Å². The zero-order chi connectivity index (χ0) is 8.65. The van der Waals surface area contributed by atoms with E-state index in [1.165, 1.54) is 6.42 Å². The number of ether oxygens (including phenoxy) is 2. The van der Waals surface area contributed by atoms with Crippen LogP contribution in [0.2, 0.25) is 0 Å². The molecule has 72 valence electrons. The van der Waals surface area contributed by atoms with Crippen molar-refractivity contribution < 1.29 is 9.47 Å². The molecule has 0 aromatic heterocycles. The second-order valence-corrected chi connectivity index (χ2v) is 3.13. The van der Waals surface area contributed by atoms with Gasteiger partial charge in [0.25, 0.3) is 0 Å². The lowest BCUT2D eigenvalue weighted by atomic mass is 10.1. The van der Waals surface area contributed by atoms with Crippen LogP contribution in [0.4, 0.5) is 0 Å². The standard InChI is InChI=1S/C9H19NO2/c1-2-11-5-6-12-8-9-3-4-10-7-9/h9-10H,2-8H2,1H3. The molecule has 0 aromatic carbocycles. The molecule has 3 nitrogen and oxygen atoms in total. The Kier molecular flexibility index (Phi) is 5.32. The maximum absolute atomic E-state index is 5.45. The molecule has 0 bridgehead atoms. The summed E-state index contributed by atoms with van der Waals surface area (Å²) in [7, 11) is 0. The van der Waals surface area contributed by atoms with Crippen molar-refractivity contribution in [2.24, 2.45) is 5.92 Å². The molecule has 1 unspecified atom stereocenters. The van der Waals surface area contributed by atoms with E-state index in [-0.39, 0.29) is 0 Å². The van der Waals surface area contributed by atoms with E-state index in [2.05, 4.69) is 5.32 Å². The predicted octanol–water partition coefficient (Wildman–Crippen LogP) is 0.649. The zero-order valence-corrected chi connectivity index (χ0v) is 7.84. The van der Waals surface area contributed by atoms with Gasteiger partial charge in [0, 0.05) is 13.2 Å². The molecule has 0 aliphatic carbocycles. The van der Waals surface area contributed by atoms with Gasteiger partial charge in [0.05, 0.1) is 19.8 Å². The van der Waals surface area contributed by atoms with Crippen molar-refractivity contribution >= 4 is 0 Å². The summed E-state index contributed by atoms with van der Waals surface area (Å²) in [6.07, 6.45) is 1.26. The van der Waals surface area contributed by atoms with Crippen LogP contribution in [-0.2, 0) is 9.47 Å². The molecule has 0 spiro atoms. The van der Waals surface area contributed by atoms with Crippen molar-refractivity contribution in [2.45, 2.75) is 13.3 Å². The van der Waals surface area contributed by atoms with E-state index < -0.39 is 0 Å². The molecule has 1 saturated heterocycles. The Bertz CT molecular complexity index is 103. The molecule has 1 atom stereocenters. The number of hydrogen-bond acceptors (Lipinski definition) is 3. The van der Waals surface area contributed by atoms with Gasteiger partial charge in [-0.15, -0.1) is 0 Å². The Balaban J connectivity index is 1.81. The number of hydrogen-bond donors (Lipinski definition) is 1. The minimum atomic E-state index is 0.728. The maximum Gasteiger partial charge on any atom is 0.0700 e. The van der Waals surface area contributed by atoms with Gasteiger partial charge in [-0.25, -0.2) is 0 Å². The van der Waals surface area contributed by atoms with Crippen LogP contribution in [0.25, 0.3) is 0 Å². The molecule has 1 rings (SSSR count). The van der Waals surface area contributed by atoms with Crippen LogP contribution < -0.4 is 5.32 Å². The van der Waals surface area contributed by atoms with Gasteiger partial charge in [0.2, 0.25) is 0 Å². The molecular formula is C9H19NO2. The third-order valence-corrected chi connectivity index (χ3v) is 2.09. The highest BCUT2D eigenvalue weighted by Gasteiger charge is 2.13. The minimum Gasteiger partial charge on any atom is -0.379 e. The monoisotopic (exact) mass is 173 g/mol. The summed E-state index contributed by atoms with van der Waals surface area (Å²) in [4.78, 5) is 0. The highest BCUT2D eigenvalue weighted by Crippen LogP contribution is 2.06. The smallest absolute Gasteiger partial charge is 0.0700 e. The van der Waals surface area contributed by atoms with Gasteiger partial charge in [-0.05, 0) is 25.8 Å². The molecule has 0 aromatic rings. The van der Waals surface area contributed by atoms with Crippen LogP contribution in [0, 0.1) is 5.92 Å². The fourth-order valence-electron chi connectivity index (χ4n) is 1.37. The van der Waals surface area contributed by atoms with Crippen LogP contribution in [0.5, 0.6) is 0 Å². The lowest BCUT2D eigenvalue weighted by molar-refractivity contribution is 0.0400. The average molecular weight is 173 g/mol. The topological polar surface area (TPSA) is 30.5 Å². The van der Waals surface area contributed by atoms with Gasteiger partial charge in [0.15, 0.2) is 0 Å². The van der Waals surface area contributed by atoms with Crippen molar-refractivity contribution in [3.05, 3.63) is 0 Å². The third kappa shape index (κ3) is 4.04. The van der Waals surface area contributed by atoms with Crippen molar-refractivity contribution in [1.29, 1.82) is 0 Å². The Morgan fingerprint density at radius 2 is 2.17 bits per heavy atom. The molecular weight excluding hydrogens is 154 g/mol. The van der Waals surface area contributed by atoms with Crippen molar-refractivity contribution in [3.8, 4) is 0 Å². The molecule has 1 aliphatic rings. The summed E-state index contributed by atoms with van der Waals surface area (Å²) >= 11 is 0. The van der Waals surface area contributed by atoms with Crippen molar-refractivity contribution in [3.63, 3.8) is 0 Å². The van der Waals surface area contributed by atoms with Gasteiger partial charge in [0.1, 0.15) is 0 Å². The minimum absolute atomic E-state index is 0.728. The first-order valence-electron chi connectivity index (χ1n) is 4.79. The van der Waals surface area contributed by atoms with E-state index in [0.717, 1.165) is 45.4 Å². The molecule has 12 heavy (non-hydrogen) atoms. The van der Waals surface area contributed by atoms with E-state index >= 15 is 0 Å². The van der Waals surface area contributed by atoms with E-state index in [9.17, 15) is 0 Å². The summed E-state index contributed by atoms with van der Waals surface area (Å²) in [5.74, 6) is 0.728. The first kappa shape index (κ1) is 9.96. The second-order valence-electron chi connectivity index (χ2n) is 3.13. The van der Waals surface area contributed by atoms with E-state index in [4.69, 9.17) is 9.47 Å². The Hall–Kier alpha value is -0.120. The summed E-state index contributed by atoms with van der Waals surface area (Å²) in [6, 6.07) is 0. The summed E-state index contributed by atoms with van der Waals surface area (Å²) in [6.45, 7) is 7.42. The molecule has 0 amide bonds. The van der Waals surface area contributed by atoms with E-state index in [1.807, 2.05) is 6.92 Å². The molecule has 1 N–H and O–H groups in total. The Morgan fingerprint density at radius 1 is 1.33 bits per heavy atom. The molecule has 0 saturated carbocycles. The first-order valence-corrected chi connectivity index (χ1v) is 4.79. The Morgan fingerprint density at radius 3 is 2.83 bits per heavy atom. The van der Waals surface area contributed by atoms with Gasteiger partial charge >= 0.3 is 0 Å². The first-order chi connectivity index (χ1) is 5.93. The van der Waals surface area contributed by atoms with Gasteiger partial charge in [-0.1, -0.05) is 0 Å². The number of rotatable bonds is 6. The van der Waals surface area contributed by atoms with Crippen LogP contribution in [-0.4, -0.2) is 39.5 Å². The van der Waals surface area contributed by atoms with Crippen LogP contribution in [0.1, 0.15) is 13.3 Å². The fourth-order valence-corrected chi connectivity index (χ4v) is 1.37. The van der Waals surface area contributed by atoms with Gasteiger partial charge < -0.3 is 14.8 Å². The maximum atomic E-state index is 5.45. The quantitative estimate of drug-likeness (QED) is 0.598. The highest BCUT2D eigenvalue weighted by molar-refractivity contribution is 4.69. The SMILES string of the molecule is CCOCCOCC1CCNC1. The molecule has 1 fully saturated rings. The summed E-state index contributed by atoms with van der Waals surface area (Å²) in [5, 5.41) is 3.31. The number of nitrogens with one attached hydrogen (secondary N) is 1. The summed E-state index contributed by atoms with van der Waals surface area (Å²) < 4.78 is 10.6. The largest absolute Gasteiger partial charge is 0.379 e. The molecule has 0 radical (unpaired) electrons. The molecule has 1 heterocycles. The zero-order valence-electron chi connectivity index (χ0n) is 7.84. The average Bonchev–Trinajstić information content (AvgIpc) is 2.57. The van der Waals surface area contributed by atoms with Crippen molar-refractivity contribution in [1.82, 2.24) is 5.32 Å². The summed E-state index contributed by atoms with van der Waals surface area (Å²) in [5.41, 5.74) is 0. The van der Waals surface area contributed by atoms with Gasteiger partial charge in [-0.3, -0.25) is 0 Å². The lowest BCUT2D eigenvalue weighted by Gasteiger charge is -2.08. The molecule has 3 heteroatoms. The third-order valence-electron chi connectivity index (χ3n) is 2.09. The van der Waals surface area contributed by atoms with E-state index in [1.54, 1.807) is 0 Å². The lowest BCUT2D eigenvalue weighted by Crippen LogP contribution is -2.15. The van der Waals surface area contributed by atoms with Crippen LogP contribution >= 0.6 is 0 Å². The molecule has 1 aliphatic heterocycles. The second kappa shape index (κ2) is 6.40. The predicted molar refractivity (Wildman–Crippen MR) is 48.3 cm³/mol. The van der Waals surface area contributed by atoms with Crippen molar-refractivity contribution in [2.75, 3.05) is 39.5 Å². The van der Waals surface area contributed by atoms with E-state index in [0.29, 0.717) is 0 Å². The van der Waals surface area contributed by atoms with Crippen LogP contribution in [0.3, 0.4) is 0 Å². The normalized spacial score (nSPS) is 23.2. The highest BCUT2D eigenvalue weighted by atomic mass is 16.5. The van der Waals surface area contributed by atoms with Gasteiger partial charge in [-0.2, -0.15) is 0 Å².